The van der Waals surface area contributed by atoms with E-state index in [0.717, 1.165) is 5.56 Å². The van der Waals surface area contributed by atoms with Gasteiger partial charge in [-0.25, -0.2) is 4.79 Å². The second-order valence-electron chi connectivity index (χ2n) is 4.89. The highest BCUT2D eigenvalue weighted by molar-refractivity contribution is 5.87. The molecule has 0 radical (unpaired) electrons. The van der Waals surface area contributed by atoms with Crippen molar-refractivity contribution in [1.29, 1.82) is 0 Å². The van der Waals surface area contributed by atoms with Crippen LogP contribution in [-0.4, -0.2) is 16.2 Å². The van der Waals surface area contributed by atoms with E-state index in [1.54, 1.807) is 12.1 Å². The minimum Gasteiger partial charge on any atom is -0.478 e. The van der Waals surface area contributed by atoms with Gasteiger partial charge in [-0.1, -0.05) is 72.8 Å². The van der Waals surface area contributed by atoms with Crippen molar-refractivity contribution in [3.63, 3.8) is 0 Å². The van der Waals surface area contributed by atoms with Crippen LogP contribution in [-0.2, 0) is 6.61 Å². The van der Waals surface area contributed by atoms with Crippen molar-refractivity contribution in [1.82, 2.24) is 0 Å². The fraction of sp³-hybridized carbons (Fsp3) is 0.0500. The van der Waals surface area contributed by atoms with Gasteiger partial charge >= 0.3 is 5.97 Å². The Morgan fingerprint density at radius 3 is 1.48 bits per heavy atom. The Bertz CT molecular complexity index is 682. The van der Waals surface area contributed by atoms with Crippen LogP contribution in [0.5, 0.6) is 0 Å². The molecule has 0 aliphatic heterocycles. The number of rotatable bonds is 3. The second-order valence-corrected chi connectivity index (χ2v) is 4.89. The maximum absolute atomic E-state index is 10.3. The minimum atomic E-state index is -0.950. The number of aliphatic hydroxyl groups is 1. The molecule has 0 unspecified atom stereocenters. The summed E-state index contributed by atoms with van der Waals surface area (Å²) in [5.41, 5.74) is 3.51. The van der Waals surface area contributed by atoms with Gasteiger partial charge in [0, 0.05) is 0 Å². The van der Waals surface area contributed by atoms with Crippen LogP contribution in [0.2, 0.25) is 0 Å². The van der Waals surface area contributed by atoms with Gasteiger partial charge < -0.3 is 10.2 Å². The molecule has 3 aromatic carbocycles. The molecular formula is C20H18O3. The van der Waals surface area contributed by atoms with Gasteiger partial charge in [-0.3, -0.25) is 0 Å². The summed E-state index contributed by atoms with van der Waals surface area (Å²) in [5, 5.41) is 17.1. The highest BCUT2D eigenvalue weighted by atomic mass is 16.4. The summed E-state index contributed by atoms with van der Waals surface area (Å²) in [5.74, 6) is -0.950. The molecule has 0 bridgehead atoms. The number of hydrogen-bond acceptors (Lipinski definition) is 2. The molecule has 3 rings (SSSR count). The zero-order chi connectivity index (χ0) is 16.5. The highest BCUT2D eigenvalue weighted by Gasteiger charge is 1.99. The third-order valence-corrected chi connectivity index (χ3v) is 3.26. The molecule has 0 heterocycles. The number of carboxylic acids is 1. The van der Waals surface area contributed by atoms with Crippen molar-refractivity contribution in [3.05, 3.63) is 96.1 Å². The number of carboxylic acid groups (broad SMARTS) is 1. The van der Waals surface area contributed by atoms with E-state index in [9.17, 15) is 4.79 Å². The molecule has 0 saturated heterocycles. The third-order valence-electron chi connectivity index (χ3n) is 3.26. The van der Waals surface area contributed by atoms with Crippen LogP contribution in [0.3, 0.4) is 0 Å². The average Bonchev–Trinajstić information content (AvgIpc) is 2.64. The Morgan fingerprint density at radius 1 is 0.696 bits per heavy atom. The third kappa shape index (κ3) is 5.09. The Morgan fingerprint density at radius 2 is 1.13 bits per heavy atom. The largest absolute Gasteiger partial charge is 0.478 e. The van der Waals surface area contributed by atoms with Gasteiger partial charge in [-0.05, 0) is 28.8 Å². The lowest BCUT2D eigenvalue weighted by atomic mass is 10.1. The maximum Gasteiger partial charge on any atom is 0.335 e. The highest BCUT2D eigenvalue weighted by Crippen LogP contribution is 2.17. The van der Waals surface area contributed by atoms with Gasteiger partial charge in [0.15, 0.2) is 0 Å². The van der Waals surface area contributed by atoms with Gasteiger partial charge in [-0.15, -0.1) is 0 Å². The molecular weight excluding hydrogens is 288 g/mol. The van der Waals surface area contributed by atoms with Crippen molar-refractivity contribution < 1.29 is 15.0 Å². The molecule has 2 N–H and O–H groups in total. The predicted octanol–water partition coefficient (Wildman–Crippen LogP) is 4.23. The van der Waals surface area contributed by atoms with Crippen LogP contribution < -0.4 is 0 Å². The molecule has 0 aliphatic rings. The Kier molecular flexibility index (Phi) is 6.09. The van der Waals surface area contributed by atoms with E-state index in [1.165, 1.54) is 23.3 Å². The fourth-order valence-electron chi connectivity index (χ4n) is 2.01. The van der Waals surface area contributed by atoms with E-state index in [-0.39, 0.29) is 12.2 Å². The van der Waals surface area contributed by atoms with E-state index >= 15 is 0 Å². The summed E-state index contributed by atoms with van der Waals surface area (Å²) in [6, 6.07) is 26.9. The van der Waals surface area contributed by atoms with Crippen molar-refractivity contribution >= 4 is 5.97 Å². The summed E-state index contributed by atoms with van der Waals surface area (Å²) >= 11 is 0. The van der Waals surface area contributed by atoms with E-state index in [0.29, 0.717) is 0 Å². The number of hydrogen-bond donors (Lipinski definition) is 2. The predicted molar refractivity (Wildman–Crippen MR) is 91.2 cm³/mol. The van der Waals surface area contributed by atoms with Crippen molar-refractivity contribution in [2.24, 2.45) is 0 Å². The minimum absolute atomic E-state index is 0.0557. The fourth-order valence-corrected chi connectivity index (χ4v) is 2.01. The number of carbonyl (C=O) groups is 1. The van der Waals surface area contributed by atoms with Gasteiger partial charge in [0.25, 0.3) is 0 Å². The van der Waals surface area contributed by atoms with Crippen LogP contribution in [0.4, 0.5) is 0 Å². The van der Waals surface area contributed by atoms with Gasteiger partial charge in [-0.2, -0.15) is 0 Å². The van der Waals surface area contributed by atoms with Crippen molar-refractivity contribution in [2.45, 2.75) is 6.61 Å². The number of benzene rings is 3. The molecule has 0 saturated carbocycles. The van der Waals surface area contributed by atoms with Crippen LogP contribution >= 0.6 is 0 Å². The zero-order valence-corrected chi connectivity index (χ0v) is 12.6. The second kappa shape index (κ2) is 8.51. The first kappa shape index (κ1) is 16.5. The topological polar surface area (TPSA) is 57.5 Å². The van der Waals surface area contributed by atoms with E-state index in [1.807, 2.05) is 12.1 Å². The summed E-state index contributed by atoms with van der Waals surface area (Å²) in [7, 11) is 0. The van der Waals surface area contributed by atoms with Crippen LogP contribution in [0, 0.1) is 0 Å². The molecule has 3 aromatic rings. The van der Waals surface area contributed by atoms with Gasteiger partial charge in [0.2, 0.25) is 0 Å². The average molecular weight is 306 g/mol. The molecule has 0 aromatic heterocycles. The first-order valence-corrected chi connectivity index (χ1v) is 7.24. The normalized spacial score (nSPS) is 9.61. The molecule has 3 nitrogen and oxygen atoms in total. The molecule has 0 atom stereocenters. The van der Waals surface area contributed by atoms with Gasteiger partial charge in [0.05, 0.1) is 12.2 Å². The summed E-state index contributed by atoms with van der Waals surface area (Å²) in [6.07, 6.45) is 0. The molecule has 0 fully saturated rings. The molecule has 0 amide bonds. The summed E-state index contributed by atoms with van der Waals surface area (Å²) in [4.78, 5) is 10.3. The van der Waals surface area contributed by atoms with Gasteiger partial charge in [0.1, 0.15) is 0 Å². The molecule has 116 valence electrons. The monoisotopic (exact) mass is 306 g/mol. The van der Waals surface area contributed by atoms with E-state index in [4.69, 9.17) is 10.2 Å². The van der Waals surface area contributed by atoms with E-state index < -0.39 is 5.97 Å². The lowest BCUT2D eigenvalue weighted by Crippen LogP contribution is -1.95. The van der Waals surface area contributed by atoms with E-state index in [2.05, 4.69) is 48.5 Å². The number of aliphatic hydroxyl groups excluding tert-OH is 1. The quantitative estimate of drug-likeness (QED) is 0.761. The Hall–Kier alpha value is -2.91. The number of aromatic carboxylic acids is 1. The molecule has 0 aliphatic carbocycles. The standard InChI is InChI=1S/C12H10.C8H8O3/c1-3-7-11(8-4-1)12-9-5-2-6-10-12;9-5-6-1-3-7(4-2-6)8(10)11/h1-10H;1-4,9H,5H2,(H,10,11). The SMILES string of the molecule is O=C(O)c1ccc(CO)cc1.c1ccc(-c2ccccc2)cc1. The summed E-state index contributed by atoms with van der Waals surface area (Å²) < 4.78 is 0. The van der Waals surface area contributed by atoms with Crippen LogP contribution in [0.15, 0.2) is 84.9 Å². The molecule has 0 spiro atoms. The van der Waals surface area contributed by atoms with Crippen molar-refractivity contribution in [2.75, 3.05) is 0 Å². The lowest BCUT2D eigenvalue weighted by Gasteiger charge is -1.98. The Balaban J connectivity index is 0.000000168. The maximum atomic E-state index is 10.3. The van der Waals surface area contributed by atoms with Crippen molar-refractivity contribution in [3.8, 4) is 11.1 Å². The van der Waals surface area contributed by atoms with Crippen LogP contribution in [0.1, 0.15) is 15.9 Å². The van der Waals surface area contributed by atoms with Crippen LogP contribution in [0.25, 0.3) is 11.1 Å². The molecule has 23 heavy (non-hydrogen) atoms. The smallest absolute Gasteiger partial charge is 0.335 e. The summed E-state index contributed by atoms with van der Waals surface area (Å²) in [6.45, 7) is -0.0557. The first-order valence-electron chi connectivity index (χ1n) is 7.24. The zero-order valence-electron chi connectivity index (χ0n) is 12.6. The Labute approximate surface area is 135 Å². The lowest BCUT2D eigenvalue weighted by molar-refractivity contribution is 0.0697. The first-order chi connectivity index (χ1) is 11.2. The molecule has 3 heteroatoms.